The predicted molar refractivity (Wildman–Crippen MR) is 143 cm³/mol. The van der Waals surface area contributed by atoms with Crippen molar-refractivity contribution in [2.24, 2.45) is 22.7 Å². The third-order valence-corrected chi connectivity index (χ3v) is 8.88. The summed E-state index contributed by atoms with van der Waals surface area (Å²) < 4.78 is 23.0. The second kappa shape index (κ2) is 10.6. The van der Waals surface area contributed by atoms with Crippen LogP contribution in [0.1, 0.15) is 73.0 Å². The molecule has 2 saturated carbocycles. The maximum Gasteiger partial charge on any atom is 0.331 e. The van der Waals surface area contributed by atoms with Crippen molar-refractivity contribution in [1.29, 1.82) is 0 Å². The molecule has 0 N–H and O–H groups in total. The van der Waals surface area contributed by atoms with Gasteiger partial charge in [0.25, 0.3) is 0 Å². The Kier molecular flexibility index (Phi) is 7.79. The minimum atomic E-state index is -0.680. The molecule has 6 atom stereocenters. The number of furan rings is 1. The fourth-order valence-corrected chi connectivity index (χ4v) is 7.16. The van der Waals surface area contributed by atoms with Crippen molar-refractivity contribution in [3.63, 3.8) is 0 Å². The number of ether oxygens (including phenoxy) is 3. The summed E-state index contributed by atoms with van der Waals surface area (Å²) in [4.78, 5) is 50.7. The van der Waals surface area contributed by atoms with Gasteiger partial charge in [-0.05, 0) is 71.9 Å². The number of hydrogen-bond donors (Lipinski definition) is 0. The van der Waals surface area contributed by atoms with E-state index in [1.165, 1.54) is 32.3 Å². The fraction of sp³-hybridized carbons (Fsp3) is 0.548. The van der Waals surface area contributed by atoms with Crippen LogP contribution >= 0.6 is 0 Å². The fourth-order valence-electron chi connectivity index (χ4n) is 7.16. The number of carbonyl (C=O) groups excluding carboxylic acids is 4. The molecule has 0 spiro atoms. The molecule has 2 fully saturated rings. The van der Waals surface area contributed by atoms with Gasteiger partial charge in [0.05, 0.1) is 6.26 Å². The van der Waals surface area contributed by atoms with E-state index >= 15 is 0 Å². The average Bonchev–Trinajstić information content (AvgIpc) is 3.34. The van der Waals surface area contributed by atoms with Gasteiger partial charge in [-0.2, -0.15) is 0 Å². The van der Waals surface area contributed by atoms with Gasteiger partial charge in [-0.3, -0.25) is 14.4 Å². The number of allylic oxidation sites excluding steroid dienone is 1. The SMILES string of the molecule is C=C1[C@@H](OC(=O)/C=C\c2ccco2)CC[C@@]2(C)C[C@H](OC(C)=O)C3=C(C)C(=O)C[C@@H]([C@@H](OC(C)=O)[C@H]12)C3(C)C. The van der Waals surface area contributed by atoms with Gasteiger partial charge in [-0.1, -0.05) is 27.4 Å². The second-order valence-corrected chi connectivity index (χ2v) is 11.9. The van der Waals surface area contributed by atoms with Gasteiger partial charge >= 0.3 is 17.9 Å². The zero-order valence-electron chi connectivity index (χ0n) is 23.6. The van der Waals surface area contributed by atoms with Crippen LogP contribution in [0.25, 0.3) is 6.08 Å². The third-order valence-electron chi connectivity index (χ3n) is 8.88. The van der Waals surface area contributed by atoms with E-state index in [-0.39, 0.29) is 18.1 Å². The van der Waals surface area contributed by atoms with Crippen molar-refractivity contribution in [1.82, 2.24) is 0 Å². The topological polar surface area (TPSA) is 109 Å². The average molecular weight is 539 g/mol. The molecule has 3 aliphatic carbocycles. The van der Waals surface area contributed by atoms with Crippen LogP contribution in [0.3, 0.4) is 0 Å². The monoisotopic (exact) mass is 538 g/mol. The van der Waals surface area contributed by atoms with Crippen LogP contribution in [0.4, 0.5) is 0 Å². The van der Waals surface area contributed by atoms with Crippen molar-refractivity contribution in [2.45, 2.75) is 85.5 Å². The number of ketones is 1. The van der Waals surface area contributed by atoms with Crippen LogP contribution in [0.2, 0.25) is 0 Å². The summed E-state index contributed by atoms with van der Waals surface area (Å²) in [5.74, 6) is -1.77. The van der Waals surface area contributed by atoms with E-state index in [0.29, 0.717) is 36.2 Å². The van der Waals surface area contributed by atoms with Crippen molar-refractivity contribution in [3.05, 3.63) is 53.5 Å². The van der Waals surface area contributed by atoms with Crippen LogP contribution in [0.15, 0.2) is 52.2 Å². The molecule has 0 saturated heterocycles. The molecule has 4 rings (SSSR count). The summed E-state index contributed by atoms with van der Waals surface area (Å²) >= 11 is 0. The van der Waals surface area contributed by atoms with Gasteiger partial charge in [-0.25, -0.2) is 4.79 Å². The van der Waals surface area contributed by atoms with Crippen molar-refractivity contribution < 1.29 is 37.8 Å². The normalized spacial score (nSPS) is 32.2. The van der Waals surface area contributed by atoms with Gasteiger partial charge in [0.15, 0.2) is 5.78 Å². The highest BCUT2D eigenvalue weighted by molar-refractivity contribution is 5.97. The lowest BCUT2D eigenvalue weighted by Crippen LogP contribution is -2.58. The van der Waals surface area contributed by atoms with Crippen molar-refractivity contribution >= 4 is 29.8 Å². The van der Waals surface area contributed by atoms with E-state index in [9.17, 15) is 19.2 Å². The van der Waals surface area contributed by atoms with E-state index in [4.69, 9.17) is 18.6 Å². The highest BCUT2D eigenvalue weighted by Crippen LogP contribution is 2.59. The number of carbonyl (C=O) groups is 4. The molecule has 1 aromatic rings. The number of fused-ring (bicyclic) bond motifs is 3. The Hall–Kier alpha value is -3.42. The molecule has 0 amide bonds. The maximum atomic E-state index is 13.3. The molecular formula is C31H38O8. The van der Waals surface area contributed by atoms with Gasteiger partial charge in [-0.15, -0.1) is 0 Å². The first-order valence-corrected chi connectivity index (χ1v) is 13.4. The van der Waals surface area contributed by atoms with Crippen LogP contribution in [0.5, 0.6) is 0 Å². The molecule has 0 aromatic carbocycles. The quantitative estimate of drug-likeness (QED) is 0.213. The van der Waals surface area contributed by atoms with Crippen LogP contribution in [-0.4, -0.2) is 42.0 Å². The summed E-state index contributed by atoms with van der Waals surface area (Å²) in [6.07, 6.45) is 4.18. The number of esters is 3. The van der Waals surface area contributed by atoms with E-state index in [2.05, 4.69) is 13.5 Å². The van der Waals surface area contributed by atoms with Gasteiger partial charge in [0.2, 0.25) is 0 Å². The molecule has 39 heavy (non-hydrogen) atoms. The van der Waals surface area contributed by atoms with Crippen molar-refractivity contribution in [3.8, 4) is 0 Å². The molecule has 0 radical (unpaired) electrons. The Morgan fingerprint density at radius 3 is 2.38 bits per heavy atom. The second-order valence-electron chi connectivity index (χ2n) is 11.9. The Balaban J connectivity index is 1.75. The summed E-state index contributed by atoms with van der Waals surface area (Å²) in [6.45, 7) is 15.0. The first-order chi connectivity index (χ1) is 18.2. The van der Waals surface area contributed by atoms with E-state index in [1.54, 1.807) is 19.1 Å². The highest BCUT2D eigenvalue weighted by atomic mass is 16.6. The number of rotatable bonds is 5. The first kappa shape index (κ1) is 28.6. The molecule has 0 unspecified atom stereocenters. The zero-order valence-corrected chi connectivity index (χ0v) is 23.6. The molecule has 3 aliphatic rings. The Morgan fingerprint density at radius 2 is 1.77 bits per heavy atom. The Bertz CT molecular complexity index is 1230. The smallest absolute Gasteiger partial charge is 0.331 e. The van der Waals surface area contributed by atoms with Crippen LogP contribution < -0.4 is 0 Å². The molecule has 0 aliphatic heterocycles. The Labute approximate surface area is 229 Å². The molecular weight excluding hydrogens is 500 g/mol. The van der Waals surface area contributed by atoms with E-state index in [1.807, 2.05) is 13.8 Å². The summed E-state index contributed by atoms with van der Waals surface area (Å²) in [5.41, 5.74) is 0.906. The molecule has 2 bridgehead atoms. The lowest BCUT2D eigenvalue weighted by Gasteiger charge is -2.57. The summed E-state index contributed by atoms with van der Waals surface area (Å²) in [6, 6.07) is 3.45. The van der Waals surface area contributed by atoms with Crippen LogP contribution in [0, 0.1) is 22.7 Å². The number of Topliss-reactive ketones (excluding diaryl/α,β-unsaturated/α-hetero) is 1. The van der Waals surface area contributed by atoms with Gasteiger partial charge in [0.1, 0.15) is 24.1 Å². The zero-order chi connectivity index (χ0) is 28.7. The van der Waals surface area contributed by atoms with Crippen molar-refractivity contribution in [2.75, 3.05) is 0 Å². The van der Waals surface area contributed by atoms with E-state index in [0.717, 1.165) is 5.57 Å². The van der Waals surface area contributed by atoms with Crippen LogP contribution in [-0.2, 0) is 33.4 Å². The first-order valence-electron chi connectivity index (χ1n) is 13.4. The molecule has 1 heterocycles. The minimum Gasteiger partial charge on any atom is -0.465 e. The molecule has 1 aromatic heterocycles. The predicted octanol–water partition coefficient (Wildman–Crippen LogP) is 5.38. The Morgan fingerprint density at radius 1 is 1.08 bits per heavy atom. The lowest BCUT2D eigenvalue weighted by molar-refractivity contribution is -0.172. The third kappa shape index (κ3) is 5.52. The molecule has 210 valence electrons. The van der Waals surface area contributed by atoms with Gasteiger partial charge < -0.3 is 18.6 Å². The number of hydrogen-bond acceptors (Lipinski definition) is 8. The summed E-state index contributed by atoms with van der Waals surface area (Å²) in [5, 5.41) is 0. The molecule has 8 nitrogen and oxygen atoms in total. The minimum absolute atomic E-state index is 0.0558. The maximum absolute atomic E-state index is 13.3. The standard InChI is InChI=1S/C31H38O8/c1-17-23(34)15-22-29(38-20(4)33)28-18(2)24(39-26(35)11-10-21-9-8-14-36-21)12-13-31(28,7)16-25(37-19(3)32)27(17)30(22,5)6/h8-11,14,22,24-25,28-29H,2,12-13,15-16H2,1,3-7H3/b11-10-/t22-,24-,25-,28-,29+,31-/m0/s1. The summed E-state index contributed by atoms with van der Waals surface area (Å²) in [7, 11) is 0. The highest BCUT2D eigenvalue weighted by Gasteiger charge is 2.59. The lowest BCUT2D eigenvalue weighted by atomic mass is 9.50. The largest absolute Gasteiger partial charge is 0.465 e. The molecule has 8 heteroatoms. The van der Waals surface area contributed by atoms with Gasteiger partial charge in [0, 0.05) is 38.2 Å². The van der Waals surface area contributed by atoms with E-state index < -0.39 is 53.0 Å².